The van der Waals surface area contributed by atoms with Gasteiger partial charge in [0, 0.05) is 22.6 Å². The average Bonchev–Trinajstić information content (AvgIpc) is 2.28. The summed E-state index contributed by atoms with van der Waals surface area (Å²) in [6, 6.07) is 5.54. The van der Waals surface area contributed by atoms with Gasteiger partial charge in [-0.1, -0.05) is 22.9 Å². The van der Waals surface area contributed by atoms with Crippen LogP contribution >= 0.6 is 15.9 Å². The molecule has 0 saturated heterocycles. The van der Waals surface area contributed by atoms with E-state index < -0.39 is 5.97 Å². The Morgan fingerprint density at radius 3 is 2.65 bits per heavy atom. The SMILES string of the molecule is CCc1cc(Br)ccc1NC(=O)CCC(=O)[O-]. The van der Waals surface area contributed by atoms with Crippen LogP contribution in [0.15, 0.2) is 22.7 Å². The van der Waals surface area contributed by atoms with Gasteiger partial charge < -0.3 is 15.2 Å². The highest BCUT2D eigenvalue weighted by Gasteiger charge is 2.06. The molecule has 0 fully saturated rings. The first-order valence-corrected chi connectivity index (χ1v) is 6.10. The van der Waals surface area contributed by atoms with Crippen molar-refractivity contribution in [2.24, 2.45) is 0 Å². The fourth-order valence-corrected chi connectivity index (χ4v) is 1.81. The van der Waals surface area contributed by atoms with Gasteiger partial charge in [0.1, 0.15) is 0 Å². The van der Waals surface area contributed by atoms with Gasteiger partial charge in [-0.05, 0) is 36.6 Å². The monoisotopic (exact) mass is 298 g/mol. The van der Waals surface area contributed by atoms with Crippen LogP contribution in [0, 0.1) is 0 Å². The lowest BCUT2D eigenvalue weighted by atomic mass is 10.1. The third-order valence-electron chi connectivity index (χ3n) is 2.28. The van der Waals surface area contributed by atoms with Gasteiger partial charge in [0.2, 0.25) is 5.91 Å². The van der Waals surface area contributed by atoms with Crippen LogP contribution in [-0.2, 0) is 16.0 Å². The van der Waals surface area contributed by atoms with E-state index in [0.717, 1.165) is 22.1 Å². The molecule has 0 aromatic heterocycles. The largest absolute Gasteiger partial charge is 0.550 e. The summed E-state index contributed by atoms with van der Waals surface area (Å²) in [7, 11) is 0. The molecule has 1 amide bonds. The van der Waals surface area contributed by atoms with Crippen LogP contribution in [0.2, 0.25) is 0 Å². The summed E-state index contributed by atoms with van der Waals surface area (Å²) in [4.78, 5) is 21.7. The number of aliphatic carboxylic acids is 1. The fourth-order valence-electron chi connectivity index (χ4n) is 1.41. The Morgan fingerprint density at radius 1 is 1.35 bits per heavy atom. The van der Waals surface area contributed by atoms with E-state index in [1.54, 1.807) is 6.07 Å². The summed E-state index contributed by atoms with van der Waals surface area (Å²) in [6.45, 7) is 1.98. The molecule has 0 atom stereocenters. The van der Waals surface area contributed by atoms with E-state index in [4.69, 9.17) is 0 Å². The van der Waals surface area contributed by atoms with Gasteiger partial charge >= 0.3 is 0 Å². The van der Waals surface area contributed by atoms with Gasteiger partial charge in [0.05, 0.1) is 0 Å². The van der Waals surface area contributed by atoms with Crippen LogP contribution in [-0.4, -0.2) is 11.9 Å². The number of rotatable bonds is 5. The highest BCUT2D eigenvalue weighted by Crippen LogP contribution is 2.21. The van der Waals surface area contributed by atoms with Crippen molar-refractivity contribution in [3.63, 3.8) is 0 Å². The highest BCUT2D eigenvalue weighted by molar-refractivity contribution is 9.10. The lowest BCUT2D eigenvalue weighted by Crippen LogP contribution is -2.24. The number of anilines is 1. The first kappa shape index (κ1) is 13.7. The van der Waals surface area contributed by atoms with Gasteiger partial charge in [-0.25, -0.2) is 0 Å². The molecule has 1 rings (SSSR count). The molecular formula is C12H13BrNO3-. The summed E-state index contributed by atoms with van der Waals surface area (Å²) in [5.41, 5.74) is 1.72. The second-order valence-electron chi connectivity index (χ2n) is 3.58. The lowest BCUT2D eigenvalue weighted by molar-refractivity contribution is -0.305. The van der Waals surface area contributed by atoms with Gasteiger partial charge in [0.15, 0.2) is 0 Å². The number of carboxylic acids is 1. The van der Waals surface area contributed by atoms with Crippen LogP contribution < -0.4 is 10.4 Å². The number of hydrogen-bond donors (Lipinski definition) is 1. The molecule has 0 aliphatic carbocycles. The van der Waals surface area contributed by atoms with Crippen molar-refractivity contribution in [2.45, 2.75) is 26.2 Å². The third-order valence-corrected chi connectivity index (χ3v) is 2.77. The van der Waals surface area contributed by atoms with Gasteiger partial charge in [-0.2, -0.15) is 0 Å². The minimum absolute atomic E-state index is 0.0679. The van der Waals surface area contributed by atoms with Crippen molar-refractivity contribution < 1.29 is 14.7 Å². The molecule has 0 unspecified atom stereocenters. The molecule has 0 radical (unpaired) electrons. The molecule has 4 nitrogen and oxygen atoms in total. The minimum Gasteiger partial charge on any atom is -0.550 e. The number of carbonyl (C=O) groups is 2. The summed E-state index contributed by atoms with van der Waals surface area (Å²) in [5.74, 6) is -1.53. The van der Waals surface area contributed by atoms with Crippen molar-refractivity contribution in [3.05, 3.63) is 28.2 Å². The molecule has 0 saturated carbocycles. The fraction of sp³-hybridized carbons (Fsp3) is 0.333. The maximum Gasteiger partial charge on any atom is 0.224 e. The molecule has 1 N–H and O–H groups in total. The molecule has 0 bridgehead atoms. The Balaban J connectivity index is 2.67. The number of carboxylic acid groups (broad SMARTS) is 1. The molecule has 17 heavy (non-hydrogen) atoms. The summed E-state index contributed by atoms with van der Waals surface area (Å²) in [6.07, 6.45) is 0.459. The number of carbonyl (C=O) groups excluding carboxylic acids is 2. The first-order chi connectivity index (χ1) is 8.02. The molecule has 92 valence electrons. The van der Waals surface area contributed by atoms with Gasteiger partial charge in [-0.3, -0.25) is 4.79 Å². The van der Waals surface area contributed by atoms with E-state index in [2.05, 4.69) is 21.2 Å². The van der Waals surface area contributed by atoms with Crippen LogP contribution in [0.25, 0.3) is 0 Å². The molecule has 0 aliphatic heterocycles. The quantitative estimate of drug-likeness (QED) is 0.895. The minimum atomic E-state index is -1.22. The van der Waals surface area contributed by atoms with E-state index in [0.29, 0.717) is 0 Å². The average molecular weight is 299 g/mol. The Hall–Kier alpha value is -1.36. The Morgan fingerprint density at radius 2 is 2.06 bits per heavy atom. The molecular weight excluding hydrogens is 286 g/mol. The summed E-state index contributed by atoms with van der Waals surface area (Å²) < 4.78 is 0.946. The maximum atomic E-state index is 11.5. The highest BCUT2D eigenvalue weighted by atomic mass is 79.9. The molecule has 1 aromatic rings. The zero-order valence-electron chi connectivity index (χ0n) is 9.46. The summed E-state index contributed by atoms with van der Waals surface area (Å²) in [5, 5.41) is 12.9. The molecule has 0 heterocycles. The normalized spacial score (nSPS) is 10.0. The Kier molecular flexibility index (Phi) is 5.15. The van der Waals surface area contributed by atoms with E-state index in [-0.39, 0.29) is 18.7 Å². The Labute approximate surface area is 108 Å². The number of aryl methyl sites for hydroxylation is 1. The number of nitrogens with one attached hydrogen (secondary N) is 1. The van der Waals surface area contributed by atoms with Crippen LogP contribution in [0.1, 0.15) is 25.3 Å². The smallest absolute Gasteiger partial charge is 0.224 e. The summed E-state index contributed by atoms with van der Waals surface area (Å²) >= 11 is 3.35. The van der Waals surface area contributed by atoms with E-state index in [9.17, 15) is 14.7 Å². The topological polar surface area (TPSA) is 69.2 Å². The standard InChI is InChI=1S/C12H14BrNO3/c1-2-8-7-9(13)3-4-10(8)14-11(15)5-6-12(16)17/h3-4,7H,2,5-6H2,1H3,(H,14,15)(H,16,17)/p-1. The van der Waals surface area contributed by atoms with Crippen molar-refractivity contribution in [3.8, 4) is 0 Å². The predicted molar refractivity (Wildman–Crippen MR) is 66.4 cm³/mol. The van der Waals surface area contributed by atoms with Crippen molar-refractivity contribution in [1.29, 1.82) is 0 Å². The third kappa shape index (κ3) is 4.56. The number of halogens is 1. The number of benzene rings is 1. The van der Waals surface area contributed by atoms with E-state index in [1.807, 2.05) is 19.1 Å². The van der Waals surface area contributed by atoms with Crippen LogP contribution in [0.3, 0.4) is 0 Å². The number of amides is 1. The van der Waals surface area contributed by atoms with Crippen LogP contribution in [0.5, 0.6) is 0 Å². The van der Waals surface area contributed by atoms with E-state index in [1.165, 1.54) is 0 Å². The molecule has 1 aromatic carbocycles. The zero-order valence-corrected chi connectivity index (χ0v) is 11.0. The molecule has 0 aliphatic rings. The second-order valence-corrected chi connectivity index (χ2v) is 4.49. The van der Waals surface area contributed by atoms with Crippen molar-refractivity contribution in [2.75, 3.05) is 5.32 Å². The van der Waals surface area contributed by atoms with Crippen LogP contribution in [0.4, 0.5) is 5.69 Å². The van der Waals surface area contributed by atoms with E-state index >= 15 is 0 Å². The number of hydrogen-bond acceptors (Lipinski definition) is 3. The van der Waals surface area contributed by atoms with Gasteiger partial charge in [0.25, 0.3) is 0 Å². The second kappa shape index (κ2) is 6.39. The van der Waals surface area contributed by atoms with Crippen molar-refractivity contribution >= 4 is 33.5 Å². The molecule has 0 spiro atoms. The first-order valence-electron chi connectivity index (χ1n) is 5.31. The molecule has 5 heteroatoms. The predicted octanol–water partition coefficient (Wildman–Crippen LogP) is 1.48. The van der Waals surface area contributed by atoms with Crippen molar-refractivity contribution in [1.82, 2.24) is 0 Å². The maximum absolute atomic E-state index is 11.5. The lowest BCUT2D eigenvalue weighted by Gasteiger charge is -2.10. The zero-order chi connectivity index (χ0) is 12.8. The Bertz CT molecular complexity index is 432. The van der Waals surface area contributed by atoms with Gasteiger partial charge in [-0.15, -0.1) is 0 Å².